The standard InChI is InChI=1S/C21H23F3N6/c1-11(12-5-6-12)25-19-28-18(15-3-2-4-16(26-15)21(22,23)24)29-20(30-19)27-17(13-7-8-13)14-9-10-14/h2-4,13-14,17H,5-10H2,1H3,(H2,25,27,28,29,30). The zero-order chi connectivity index (χ0) is 20.9. The Labute approximate surface area is 172 Å². The molecule has 0 aromatic carbocycles. The van der Waals surface area contributed by atoms with Crippen LogP contribution < -0.4 is 10.6 Å². The summed E-state index contributed by atoms with van der Waals surface area (Å²) < 4.78 is 39.4. The number of anilines is 2. The van der Waals surface area contributed by atoms with Gasteiger partial charge in [-0.1, -0.05) is 11.6 Å². The van der Waals surface area contributed by atoms with Gasteiger partial charge in [0.2, 0.25) is 11.9 Å². The van der Waals surface area contributed by atoms with E-state index in [0.717, 1.165) is 24.6 Å². The highest BCUT2D eigenvalue weighted by Crippen LogP contribution is 2.45. The van der Waals surface area contributed by atoms with Crippen LogP contribution in [0.3, 0.4) is 0 Å². The van der Waals surface area contributed by atoms with Gasteiger partial charge in [-0.05, 0) is 69.4 Å². The van der Waals surface area contributed by atoms with Gasteiger partial charge in [0, 0.05) is 11.7 Å². The first kappa shape index (κ1) is 19.3. The van der Waals surface area contributed by atoms with Crippen molar-refractivity contribution < 1.29 is 13.2 Å². The van der Waals surface area contributed by atoms with Crippen LogP contribution in [0.2, 0.25) is 0 Å². The summed E-state index contributed by atoms with van der Waals surface area (Å²) in [4.78, 5) is 17.1. The highest BCUT2D eigenvalue weighted by Gasteiger charge is 2.42. The van der Waals surface area contributed by atoms with Gasteiger partial charge < -0.3 is 10.6 Å². The Morgan fingerprint density at radius 3 is 2.23 bits per heavy atom. The van der Waals surface area contributed by atoms with Crippen molar-refractivity contribution in [2.75, 3.05) is 10.6 Å². The number of pyridine rings is 1. The summed E-state index contributed by atoms with van der Waals surface area (Å²) in [5.41, 5.74) is 1.40. The summed E-state index contributed by atoms with van der Waals surface area (Å²) in [5.74, 6) is 2.08. The van der Waals surface area contributed by atoms with E-state index in [1.165, 1.54) is 43.4 Å². The van der Waals surface area contributed by atoms with Crippen LogP contribution in [-0.4, -0.2) is 26.0 Å². The number of rotatable bonds is 7. The Bertz CT molecular complexity index is 976. The van der Waals surface area contributed by atoms with Crippen LogP contribution in [0.4, 0.5) is 25.1 Å². The normalized spacial score (nSPS) is 18.5. The molecule has 3 saturated carbocycles. The van der Waals surface area contributed by atoms with Crippen LogP contribution in [0.25, 0.3) is 11.5 Å². The maximum atomic E-state index is 13.1. The van der Waals surface area contributed by atoms with Gasteiger partial charge in [-0.15, -0.1) is 0 Å². The van der Waals surface area contributed by atoms with Crippen LogP contribution in [-0.2, 0) is 6.18 Å². The summed E-state index contributed by atoms with van der Waals surface area (Å²) in [6.07, 6.45) is 2.33. The van der Waals surface area contributed by atoms with Gasteiger partial charge in [-0.3, -0.25) is 0 Å². The minimum absolute atomic E-state index is 0.0736. The molecule has 3 fully saturated rings. The van der Waals surface area contributed by atoms with E-state index in [1.807, 2.05) is 6.92 Å². The quantitative estimate of drug-likeness (QED) is 0.659. The molecule has 0 saturated heterocycles. The topological polar surface area (TPSA) is 75.6 Å². The Hall–Kier alpha value is -2.71. The van der Waals surface area contributed by atoms with Crippen molar-refractivity contribution in [2.24, 2.45) is 11.8 Å². The lowest BCUT2D eigenvalue weighted by Crippen LogP contribution is -2.26. The third kappa shape index (κ3) is 4.39. The van der Waals surface area contributed by atoms with Crippen molar-refractivity contribution in [3.63, 3.8) is 0 Å². The predicted molar refractivity (Wildman–Crippen MR) is 106 cm³/mol. The van der Waals surface area contributed by atoms with Crippen molar-refractivity contribution in [3.8, 4) is 11.5 Å². The number of allylic oxidation sites excluding steroid dienone is 2. The molecular formula is C21H23F3N6. The van der Waals surface area contributed by atoms with E-state index in [1.54, 1.807) is 0 Å². The van der Waals surface area contributed by atoms with Gasteiger partial charge in [0.15, 0.2) is 5.82 Å². The third-order valence-electron chi connectivity index (χ3n) is 5.79. The summed E-state index contributed by atoms with van der Waals surface area (Å²) in [5, 5.41) is 6.64. The van der Waals surface area contributed by atoms with Gasteiger partial charge in [-0.25, -0.2) is 4.98 Å². The van der Waals surface area contributed by atoms with Gasteiger partial charge in [-0.2, -0.15) is 28.1 Å². The summed E-state index contributed by atoms with van der Waals surface area (Å²) >= 11 is 0. The number of hydrogen-bond donors (Lipinski definition) is 2. The van der Waals surface area contributed by atoms with Gasteiger partial charge in [0.1, 0.15) is 11.4 Å². The molecule has 0 atom stereocenters. The second kappa shape index (κ2) is 7.21. The van der Waals surface area contributed by atoms with Gasteiger partial charge in [0.25, 0.3) is 0 Å². The third-order valence-corrected chi connectivity index (χ3v) is 5.79. The minimum atomic E-state index is -4.53. The second-order valence-corrected chi connectivity index (χ2v) is 8.41. The molecule has 2 aromatic heterocycles. The number of nitrogens with one attached hydrogen (secondary N) is 2. The van der Waals surface area contributed by atoms with E-state index in [9.17, 15) is 13.2 Å². The van der Waals surface area contributed by atoms with Crippen LogP contribution in [0, 0.1) is 11.8 Å². The molecule has 6 nitrogen and oxygen atoms in total. The Balaban J connectivity index is 1.50. The molecule has 0 amide bonds. The lowest BCUT2D eigenvalue weighted by atomic mass is 10.1. The highest BCUT2D eigenvalue weighted by atomic mass is 19.4. The first-order valence-corrected chi connectivity index (χ1v) is 10.4. The van der Waals surface area contributed by atoms with Gasteiger partial charge >= 0.3 is 6.18 Å². The number of nitrogens with zero attached hydrogens (tertiary/aromatic N) is 4. The number of hydrogen-bond acceptors (Lipinski definition) is 6. The van der Waals surface area contributed by atoms with E-state index in [4.69, 9.17) is 0 Å². The number of aromatic nitrogens is 4. The average molecular weight is 416 g/mol. The fourth-order valence-electron chi connectivity index (χ4n) is 3.70. The zero-order valence-corrected chi connectivity index (χ0v) is 16.6. The maximum Gasteiger partial charge on any atom is 0.433 e. The molecule has 5 rings (SSSR count). The lowest BCUT2D eigenvalue weighted by molar-refractivity contribution is -0.141. The number of alkyl halides is 3. The van der Waals surface area contributed by atoms with E-state index in [0.29, 0.717) is 29.8 Å². The first-order chi connectivity index (χ1) is 14.4. The van der Waals surface area contributed by atoms with E-state index < -0.39 is 11.9 Å². The van der Waals surface area contributed by atoms with Crippen molar-refractivity contribution in [3.05, 3.63) is 35.2 Å². The fourth-order valence-corrected chi connectivity index (χ4v) is 3.70. The van der Waals surface area contributed by atoms with Crippen LogP contribution in [0.5, 0.6) is 0 Å². The highest BCUT2D eigenvalue weighted by molar-refractivity contribution is 5.55. The smallest absolute Gasteiger partial charge is 0.351 e. The van der Waals surface area contributed by atoms with Crippen molar-refractivity contribution >= 4 is 11.9 Å². The lowest BCUT2D eigenvalue weighted by Gasteiger charge is -2.18. The first-order valence-electron chi connectivity index (χ1n) is 10.4. The molecule has 0 aliphatic heterocycles. The maximum absolute atomic E-state index is 13.1. The van der Waals surface area contributed by atoms with Crippen LogP contribution in [0.1, 0.15) is 51.1 Å². The monoisotopic (exact) mass is 416 g/mol. The minimum Gasteiger partial charge on any atom is -0.351 e. The molecule has 0 unspecified atom stereocenters. The molecule has 0 bridgehead atoms. The van der Waals surface area contributed by atoms with Crippen molar-refractivity contribution in [1.29, 1.82) is 0 Å². The molecule has 2 N–H and O–H groups in total. The summed E-state index contributed by atoms with van der Waals surface area (Å²) in [6, 6.07) is 4.07. The van der Waals surface area contributed by atoms with Crippen molar-refractivity contribution in [1.82, 2.24) is 19.9 Å². The molecule has 30 heavy (non-hydrogen) atoms. The van der Waals surface area contributed by atoms with Gasteiger partial charge in [0.05, 0.1) is 0 Å². The average Bonchev–Trinajstić information content (AvgIpc) is 3.58. The molecule has 9 heteroatoms. The largest absolute Gasteiger partial charge is 0.433 e. The van der Waals surface area contributed by atoms with E-state index in [2.05, 4.69) is 30.6 Å². The fraction of sp³-hybridized carbons (Fsp3) is 0.524. The van der Waals surface area contributed by atoms with E-state index >= 15 is 0 Å². The molecule has 158 valence electrons. The molecule has 0 radical (unpaired) electrons. The van der Waals surface area contributed by atoms with E-state index in [-0.39, 0.29) is 11.5 Å². The summed E-state index contributed by atoms with van der Waals surface area (Å²) in [6.45, 7) is 1.96. The van der Waals surface area contributed by atoms with Crippen molar-refractivity contribution in [2.45, 2.75) is 57.7 Å². The zero-order valence-electron chi connectivity index (χ0n) is 16.6. The van der Waals surface area contributed by atoms with Crippen LogP contribution >= 0.6 is 0 Å². The molecule has 0 spiro atoms. The molecule has 3 aliphatic carbocycles. The Morgan fingerprint density at radius 2 is 1.63 bits per heavy atom. The Morgan fingerprint density at radius 1 is 0.967 bits per heavy atom. The Kier molecular flexibility index (Phi) is 4.63. The molecular weight excluding hydrogens is 393 g/mol. The second-order valence-electron chi connectivity index (χ2n) is 8.41. The molecule has 3 aliphatic rings. The predicted octanol–water partition coefficient (Wildman–Crippen LogP) is 5.03. The molecule has 2 aromatic rings. The molecule has 2 heterocycles. The van der Waals surface area contributed by atoms with Crippen LogP contribution in [0.15, 0.2) is 29.5 Å². The SMILES string of the molecule is CC(Nc1nc(NC(C2CC2)C2CC2)nc(-c2cccc(C(F)(F)F)n2)n1)=C1CC1. The summed E-state index contributed by atoms with van der Waals surface area (Å²) in [7, 11) is 0. The number of halogens is 3.